The Morgan fingerprint density at radius 2 is 2.00 bits per heavy atom. The van der Waals surface area contributed by atoms with Gasteiger partial charge in [-0.25, -0.2) is 4.39 Å². The van der Waals surface area contributed by atoms with Crippen LogP contribution in [0.25, 0.3) is 11.0 Å². The van der Waals surface area contributed by atoms with E-state index in [1.54, 1.807) is 23.7 Å². The fraction of sp³-hybridized carbons (Fsp3) is 0.174. The molecule has 4 nitrogen and oxygen atoms in total. The highest BCUT2D eigenvalue weighted by molar-refractivity contribution is 9.10. The van der Waals surface area contributed by atoms with Gasteiger partial charge in [0, 0.05) is 44.5 Å². The van der Waals surface area contributed by atoms with Gasteiger partial charge in [0.15, 0.2) is 0 Å². The van der Waals surface area contributed by atoms with E-state index in [1.807, 2.05) is 12.1 Å². The van der Waals surface area contributed by atoms with Crippen molar-refractivity contribution in [2.45, 2.75) is 13.0 Å². The van der Waals surface area contributed by atoms with Crippen molar-refractivity contribution in [3.8, 4) is 0 Å². The van der Waals surface area contributed by atoms with E-state index in [4.69, 9.17) is 4.42 Å². The molecule has 4 aromatic rings. The summed E-state index contributed by atoms with van der Waals surface area (Å²) in [6.07, 6.45) is 2.62. The van der Waals surface area contributed by atoms with Crippen molar-refractivity contribution < 1.29 is 13.6 Å². The van der Waals surface area contributed by atoms with Crippen LogP contribution in [0.1, 0.15) is 20.8 Å². The van der Waals surface area contributed by atoms with Crippen molar-refractivity contribution in [2.75, 3.05) is 18.9 Å². The van der Waals surface area contributed by atoms with Gasteiger partial charge in [-0.2, -0.15) is 0 Å². The molecule has 0 aliphatic rings. The lowest BCUT2D eigenvalue weighted by molar-refractivity contribution is 0.102. The Labute approximate surface area is 186 Å². The van der Waals surface area contributed by atoms with Crippen LogP contribution in [-0.4, -0.2) is 24.4 Å². The van der Waals surface area contributed by atoms with Gasteiger partial charge < -0.3 is 14.6 Å². The Kier molecular flexibility index (Phi) is 6.32. The number of furan rings is 1. The molecule has 0 unspecified atom stereocenters. The number of hydrogen-bond donors (Lipinski definition) is 1. The molecule has 0 spiro atoms. The summed E-state index contributed by atoms with van der Waals surface area (Å²) in [5.74, 6) is -0.645. The third kappa shape index (κ3) is 4.98. The second-order valence-electron chi connectivity index (χ2n) is 7.15. The van der Waals surface area contributed by atoms with Crippen molar-refractivity contribution in [1.29, 1.82) is 0 Å². The molecule has 2 aromatic heterocycles. The van der Waals surface area contributed by atoms with Crippen molar-refractivity contribution >= 4 is 49.8 Å². The highest BCUT2D eigenvalue weighted by Gasteiger charge is 2.11. The van der Waals surface area contributed by atoms with E-state index in [-0.39, 0.29) is 11.7 Å². The van der Waals surface area contributed by atoms with Gasteiger partial charge in [0.25, 0.3) is 5.91 Å². The predicted molar refractivity (Wildman–Crippen MR) is 123 cm³/mol. The number of fused-ring (bicyclic) bond motifs is 1. The number of rotatable bonds is 7. The molecule has 0 saturated carbocycles. The van der Waals surface area contributed by atoms with Crippen molar-refractivity contribution in [3.63, 3.8) is 0 Å². The van der Waals surface area contributed by atoms with E-state index in [1.165, 1.54) is 29.1 Å². The number of carbonyl (C=O) groups is 1. The first-order valence-corrected chi connectivity index (χ1v) is 11.1. The minimum Gasteiger partial charge on any atom is -0.464 e. The summed E-state index contributed by atoms with van der Waals surface area (Å²) in [6, 6.07) is 13.2. The van der Waals surface area contributed by atoms with Crippen molar-refractivity contribution in [1.82, 2.24) is 4.90 Å². The average Bonchev–Trinajstić information content (AvgIpc) is 3.32. The summed E-state index contributed by atoms with van der Waals surface area (Å²) in [6.45, 7) is 1.78. The Morgan fingerprint density at radius 3 is 2.73 bits per heavy atom. The summed E-state index contributed by atoms with van der Waals surface area (Å²) in [4.78, 5) is 16.0. The van der Waals surface area contributed by atoms with Crippen LogP contribution >= 0.6 is 27.3 Å². The Bertz CT molecular complexity index is 1170. The van der Waals surface area contributed by atoms with Crippen LogP contribution in [-0.2, 0) is 13.0 Å². The van der Waals surface area contributed by atoms with Gasteiger partial charge in [-0.3, -0.25) is 4.79 Å². The van der Waals surface area contributed by atoms with Crippen LogP contribution in [0.3, 0.4) is 0 Å². The van der Waals surface area contributed by atoms with Gasteiger partial charge >= 0.3 is 0 Å². The van der Waals surface area contributed by atoms with Gasteiger partial charge in [-0.1, -0.05) is 0 Å². The van der Waals surface area contributed by atoms with Gasteiger partial charge in [-0.05, 0) is 83.5 Å². The fourth-order valence-corrected chi connectivity index (χ4v) is 4.78. The smallest absolute Gasteiger partial charge is 0.255 e. The normalized spacial score (nSPS) is 11.3. The van der Waals surface area contributed by atoms with Crippen LogP contribution in [0.4, 0.5) is 10.1 Å². The molecule has 0 fully saturated rings. The minimum absolute atomic E-state index is 0.277. The Hall–Kier alpha value is -2.48. The molecule has 0 atom stereocenters. The third-order valence-corrected chi connectivity index (χ3v) is 6.51. The number of anilines is 1. The van der Waals surface area contributed by atoms with Crippen LogP contribution in [0.5, 0.6) is 0 Å². The number of hydrogen-bond acceptors (Lipinski definition) is 4. The number of nitrogens with zero attached hydrogens (tertiary/aromatic N) is 1. The van der Waals surface area contributed by atoms with Crippen LogP contribution in [0, 0.1) is 5.82 Å². The molecule has 154 valence electrons. The number of benzene rings is 2. The van der Waals surface area contributed by atoms with Gasteiger partial charge in [0.05, 0.1) is 6.26 Å². The standard InChI is InChI=1S/C23H20BrFN2O2S/c1-27(12-20-10-17(24)14-30-20)9-8-16-13-29-22-7-6-19(11-21(16)22)26-23(28)15-2-4-18(25)5-3-15/h2-7,10-11,13-14H,8-9,12H2,1H3,(H,26,28). The lowest BCUT2D eigenvalue weighted by Gasteiger charge is -2.15. The Morgan fingerprint density at radius 1 is 1.20 bits per heavy atom. The molecule has 0 bridgehead atoms. The van der Waals surface area contributed by atoms with E-state index in [0.717, 1.165) is 40.5 Å². The SMILES string of the molecule is CN(CCc1coc2ccc(NC(=O)c3ccc(F)cc3)cc12)Cc1cc(Br)cs1. The monoisotopic (exact) mass is 486 g/mol. The summed E-state index contributed by atoms with van der Waals surface area (Å²) >= 11 is 5.24. The number of amides is 1. The topological polar surface area (TPSA) is 45.5 Å². The molecule has 2 heterocycles. The lowest BCUT2D eigenvalue weighted by Crippen LogP contribution is -2.20. The van der Waals surface area contributed by atoms with E-state index < -0.39 is 0 Å². The van der Waals surface area contributed by atoms with E-state index in [0.29, 0.717) is 11.3 Å². The highest BCUT2D eigenvalue weighted by atomic mass is 79.9. The third-order valence-electron chi connectivity index (χ3n) is 4.83. The molecule has 0 saturated heterocycles. The number of thiophene rings is 1. The van der Waals surface area contributed by atoms with Crippen molar-refractivity contribution in [3.05, 3.63) is 86.5 Å². The van der Waals surface area contributed by atoms with Gasteiger partial charge in [0.2, 0.25) is 0 Å². The molecule has 0 aliphatic carbocycles. The first kappa shape index (κ1) is 20.8. The number of halogens is 2. The van der Waals surface area contributed by atoms with Gasteiger partial charge in [-0.15, -0.1) is 11.3 Å². The molecule has 0 aliphatic heterocycles. The molecule has 2 aromatic carbocycles. The summed E-state index contributed by atoms with van der Waals surface area (Å²) in [5, 5.41) is 5.95. The molecular weight excluding hydrogens is 467 g/mol. The maximum Gasteiger partial charge on any atom is 0.255 e. The summed E-state index contributed by atoms with van der Waals surface area (Å²) < 4.78 is 19.9. The van der Waals surface area contributed by atoms with E-state index in [2.05, 4.69) is 44.6 Å². The van der Waals surface area contributed by atoms with Crippen LogP contribution in [0.15, 0.2) is 69.1 Å². The summed E-state index contributed by atoms with van der Waals surface area (Å²) in [5.41, 5.74) is 2.97. The maximum atomic E-state index is 13.1. The van der Waals surface area contributed by atoms with Crippen LogP contribution < -0.4 is 5.32 Å². The van der Waals surface area contributed by atoms with Gasteiger partial charge in [0.1, 0.15) is 11.4 Å². The zero-order valence-corrected chi connectivity index (χ0v) is 18.7. The molecule has 1 amide bonds. The maximum absolute atomic E-state index is 13.1. The molecule has 1 N–H and O–H groups in total. The largest absolute Gasteiger partial charge is 0.464 e. The minimum atomic E-state index is -0.368. The second kappa shape index (κ2) is 9.12. The summed E-state index contributed by atoms with van der Waals surface area (Å²) in [7, 11) is 2.10. The number of carbonyl (C=O) groups excluding carboxylic acids is 1. The number of likely N-dealkylation sites (N-methyl/N-ethyl adjacent to an activating group) is 1. The highest BCUT2D eigenvalue weighted by Crippen LogP contribution is 2.26. The van der Waals surface area contributed by atoms with E-state index >= 15 is 0 Å². The first-order chi connectivity index (χ1) is 14.5. The Balaban J connectivity index is 1.43. The first-order valence-electron chi connectivity index (χ1n) is 9.46. The molecular formula is C23H20BrFN2O2S. The predicted octanol–water partition coefficient (Wildman–Crippen LogP) is 6.32. The zero-order chi connectivity index (χ0) is 21.1. The van der Waals surface area contributed by atoms with Crippen molar-refractivity contribution in [2.24, 2.45) is 0 Å². The molecule has 30 heavy (non-hydrogen) atoms. The molecule has 0 radical (unpaired) electrons. The second-order valence-corrected chi connectivity index (χ2v) is 9.06. The van der Waals surface area contributed by atoms with E-state index in [9.17, 15) is 9.18 Å². The fourth-order valence-electron chi connectivity index (χ4n) is 3.25. The molecule has 7 heteroatoms. The quantitative estimate of drug-likeness (QED) is 0.332. The molecule has 4 rings (SSSR count). The number of nitrogens with one attached hydrogen (secondary N) is 1. The van der Waals surface area contributed by atoms with Crippen LogP contribution in [0.2, 0.25) is 0 Å². The zero-order valence-electron chi connectivity index (χ0n) is 16.3. The average molecular weight is 487 g/mol. The lowest BCUT2D eigenvalue weighted by atomic mass is 10.1.